The Bertz CT molecular complexity index is 915. The fraction of sp³-hybridized carbons (Fsp3) is 0.316. The van der Waals surface area contributed by atoms with Crippen LogP contribution in [0.2, 0.25) is 0 Å². The van der Waals surface area contributed by atoms with Gasteiger partial charge in [-0.2, -0.15) is 0 Å². The number of aromatic amines is 1. The lowest BCUT2D eigenvalue weighted by Crippen LogP contribution is -2.52. The van der Waals surface area contributed by atoms with Crippen molar-refractivity contribution in [3.8, 4) is 0 Å². The number of carboxylic acids is 1. The molecule has 0 bridgehead atoms. The van der Waals surface area contributed by atoms with Gasteiger partial charge in [-0.05, 0) is 30.4 Å². The van der Waals surface area contributed by atoms with Crippen molar-refractivity contribution >= 4 is 40.3 Å². The fourth-order valence-corrected chi connectivity index (χ4v) is 4.15. The second kappa shape index (κ2) is 6.29. The van der Waals surface area contributed by atoms with Crippen LogP contribution >= 0.6 is 11.6 Å². The summed E-state index contributed by atoms with van der Waals surface area (Å²) in [5, 5.41) is 13.2. The van der Waals surface area contributed by atoms with Crippen molar-refractivity contribution in [3.05, 3.63) is 47.1 Å². The number of para-hydroxylation sites is 1. The highest BCUT2D eigenvalue weighted by Crippen LogP contribution is 2.40. The Hall–Kier alpha value is -2.60. The Balaban J connectivity index is 1.63. The van der Waals surface area contributed by atoms with Crippen LogP contribution in [0.3, 0.4) is 0 Å². The quantitative estimate of drug-likeness (QED) is 0.821. The number of nitrogens with zero attached hydrogens (tertiary/aromatic N) is 1. The van der Waals surface area contributed by atoms with Gasteiger partial charge in [-0.3, -0.25) is 14.5 Å². The smallest absolute Gasteiger partial charge is 0.234 e. The lowest BCUT2D eigenvalue weighted by Gasteiger charge is -2.27. The van der Waals surface area contributed by atoms with Gasteiger partial charge < -0.3 is 14.9 Å². The van der Waals surface area contributed by atoms with Crippen LogP contribution in [-0.4, -0.2) is 33.7 Å². The van der Waals surface area contributed by atoms with Gasteiger partial charge in [-0.15, -0.1) is 0 Å². The lowest BCUT2D eigenvalue weighted by molar-refractivity contribution is -0.310. The zero-order valence-corrected chi connectivity index (χ0v) is 14.5. The number of rotatable bonds is 4. The highest BCUT2D eigenvalue weighted by atomic mass is 35.5. The summed E-state index contributed by atoms with van der Waals surface area (Å²) in [6, 6.07) is 8.01. The number of nitrogens with one attached hydrogen (secondary N) is 1. The molecule has 1 fully saturated rings. The lowest BCUT2D eigenvalue weighted by atomic mass is 9.85. The van der Waals surface area contributed by atoms with Crippen LogP contribution in [0.25, 0.3) is 10.9 Å². The van der Waals surface area contributed by atoms with E-state index in [9.17, 15) is 19.5 Å². The van der Waals surface area contributed by atoms with Gasteiger partial charge in [0.05, 0.1) is 23.8 Å². The number of H-pyrrole nitrogens is 1. The third-order valence-corrected chi connectivity index (χ3v) is 5.49. The molecule has 2 heterocycles. The summed E-state index contributed by atoms with van der Waals surface area (Å²) in [4.78, 5) is 41.2. The number of halogens is 1. The summed E-state index contributed by atoms with van der Waals surface area (Å²) in [5.41, 5.74) is 1.50. The van der Waals surface area contributed by atoms with Crippen LogP contribution in [0, 0.1) is 11.8 Å². The highest BCUT2D eigenvalue weighted by Gasteiger charge is 2.50. The fourth-order valence-electron chi connectivity index (χ4n) is 3.89. The molecule has 134 valence electrons. The number of allylic oxidation sites excluding steroid dienone is 2. The third-order valence-electron chi connectivity index (χ3n) is 5.19. The number of imide groups is 1. The van der Waals surface area contributed by atoms with E-state index in [1.54, 1.807) is 6.08 Å². The number of fused-ring (bicyclic) bond motifs is 2. The molecule has 0 radical (unpaired) electrons. The van der Waals surface area contributed by atoms with Crippen molar-refractivity contribution in [3.63, 3.8) is 0 Å². The second-order valence-corrected chi connectivity index (χ2v) is 7.26. The van der Waals surface area contributed by atoms with E-state index >= 15 is 0 Å². The summed E-state index contributed by atoms with van der Waals surface area (Å²) >= 11 is 6.01. The Morgan fingerprint density at radius 2 is 2.00 bits per heavy atom. The Morgan fingerprint density at radius 3 is 2.73 bits per heavy atom. The number of carboxylic acid groups (broad SMARTS) is 1. The van der Waals surface area contributed by atoms with E-state index in [0.717, 1.165) is 15.8 Å². The summed E-state index contributed by atoms with van der Waals surface area (Å²) in [5.74, 6) is -3.48. The normalized spacial score (nSPS) is 23.9. The number of hydrogen-bond acceptors (Lipinski definition) is 4. The first-order valence-corrected chi connectivity index (χ1v) is 8.82. The number of hydrogen-bond donors (Lipinski definition) is 1. The van der Waals surface area contributed by atoms with E-state index in [1.807, 2.05) is 30.3 Å². The third kappa shape index (κ3) is 2.70. The molecule has 2 aliphatic rings. The van der Waals surface area contributed by atoms with Gasteiger partial charge in [0, 0.05) is 22.7 Å². The van der Waals surface area contributed by atoms with E-state index in [1.165, 1.54) is 0 Å². The van der Waals surface area contributed by atoms with Gasteiger partial charge in [0.2, 0.25) is 11.8 Å². The summed E-state index contributed by atoms with van der Waals surface area (Å²) < 4.78 is 0. The van der Waals surface area contributed by atoms with Crippen LogP contribution in [-0.2, 0) is 20.8 Å². The molecule has 6 nitrogen and oxygen atoms in total. The largest absolute Gasteiger partial charge is 0.548 e. The van der Waals surface area contributed by atoms with E-state index in [-0.39, 0.29) is 12.8 Å². The predicted molar refractivity (Wildman–Crippen MR) is 92.8 cm³/mol. The molecule has 3 atom stereocenters. The van der Waals surface area contributed by atoms with Gasteiger partial charge in [0.25, 0.3) is 0 Å². The van der Waals surface area contributed by atoms with Gasteiger partial charge in [-0.25, -0.2) is 0 Å². The number of carbonyl (C=O) groups is 3. The molecule has 1 aliphatic heterocycles. The number of amides is 2. The molecule has 1 aliphatic carbocycles. The standard InChI is InChI=1S/C19H17ClN2O4/c20-11-5-6-13-14(8-11)18(24)22(17(13)23)16(19(25)26)9-12-7-10-3-1-2-4-15(10)21-12/h1-5,7,13-14,16,21H,6,8-9H2,(H,25,26)/p-1/t13-,14-,16-/m0/s1. The Kier molecular flexibility index (Phi) is 4.07. The van der Waals surface area contributed by atoms with Crippen molar-refractivity contribution in [2.75, 3.05) is 0 Å². The minimum absolute atomic E-state index is 0.0188. The van der Waals surface area contributed by atoms with Crippen molar-refractivity contribution in [1.29, 1.82) is 0 Å². The predicted octanol–water partition coefficient (Wildman–Crippen LogP) is 1.35. The average molecular weight is 372 g/mol. The molecule has 1 aromatic carbocycles. The summed E-state index contributed by atoms with van der Waals surface area (Å²) in [6.07, 6.45) is 2.34. The zero-order chi connectivity index (χ0) is 18.4. The Morgan fingerprint density at radius 1 is 1.27 bits per heavy atom. The van der Waals surface area contributed by atoms with Crippen molar-refractivity contribution < 1.29 is 19.5 Å². The van der Waals surface area contributed by atoms with Gasteiger partial charge in [-0.1, -0.05) is 35.9 Å². The van der Waals surface area contributed by atoms with Crippen molar-refractivity contribution in [1.82, 2.24) is 9.88 Å². The maximum Gasteiger partial charge on any atom is 0.234 e. The topological polar surface area (TPSA) is 93.3 Å². The molecule has 0 unspecified atom stereocenters. The van der Waals surface area contributed by atoms with E-state index < -0.39 is 35.7 Å². The summed E-state index contributed by atoms with van der Waals surface area (Å²) in [6.45, 7) is 0. The van der Waals surface area contributed by atoms with Gasteiger partial charge in [0.1, 0.15) is 0 Å². The molecular weight excluding hydrogens is 356 g/mol. The molecule has 26 heavy (non-hydrogen) atoms. The van der Waals surface area contributed by atoms with Crippen LogP contribution in [0.5, 0.6) is 0 Å². The number of benzene rings is 1. The number of aliphatic carboxylic acids is 1. The number of likely N-dealkylation sites (tertiary alicyclic amines) is 1. The average Bonchev–Trinajstić information content (AvgIpc) is 3.12. The zero-order valence-electron chi connectivity index (χ0n) is 13.8. The molecule has 4 rings (SSSR count). The van der Waals surface area contributed by atoms with Gasteiger partial charge >= 0.3 is 0 Å². The number of aromatic nitrogens is 1. The van der Waals surface area contributed by atoms with Crippen LogP contribution in [0.15, 0.2) is 41.4 Å². The molecule has 0 saturated carbocycles. The van der Waals surface area contributed by atoms with Crippen LogP contribution in [0.4, 0.5) is 0 Å². The maximum absolute atomic E-state index is 12.7. The molecule has 1 saturated heterocycles. The first-order valence-electron chi connectivity index (χ1n) is 8.44. The Labute approximate surface area is 154 Å². The molecule has 1 N–H and O–H groups in total. The molecule has 2 amide bonds. The maximum atomic E-state index is 12.7. The molecule has 7 heteroatoms. The minimum atomic E-state index is -1.44. The first-order chi connectivity index (χ1) is 12.5. The monoisotopic (exact) mass is 371 g/mol. The SMILES string of the molecule is O=C([O-])[C@H](Cc1cc2ccccc2[nH]1)N1C(=O)[C@H]2CC=C(Cl)C[C@@H]2C1=O. The first kappa shape index (κ1) is 16.8. The summed E-state index contributed by atoms with van der Waals surface area (Å²) in [7, 11) is 0. The molecule has 2 aromatic rings. The van der Waals surface area contributed by atoms with Crippen molar-refractivity contribution in [2.24, 2.45) is 11.8 Å². The highest BCUT2D eigenvalue weighted by molar-refractivity contribution is 6.30. The second-order valence-electron chi connectivity index (χ2n) is 6.77. The van der Waals surface area contributed by atoms with Crippen LogP contribution in [0.1, 0.15) is 18.5 Å². The molecule has 0 spiro atoms. The minimum Gasteiger partial charge on any atom is -0.548 e. The van der Waals surface area contributed by atoms with Gasteiger partial charge in [0.15, 0.2) is 0 Å². The molecular formula is C19H16ClN2O4-. The molecule has 1 aromatic heterocycles. The number of carbonyl (C=O) groups excluding carboxylic acids is 3. The van der Waals surface area contributed by atoms with E-state index in [0.29, 0.717) is 17.1 Å². The van der Waals surface area contributed by atoms with Crippen LogP contribution < -0.4 is 5.11 Å². The van der Waals surface area contributed by atoms with E-state index in [2.05, 4.69) is 4.98 Å². The van der Waals surface area contributed by atoms with Crippen molar-refractivity contribution in [2.45, 2.75) is 25.3 Å². The van der Waals surface area contributed by atoms with E-state index in [4.69, 9.17) is 11.6 Å².